The van der Waals surface area contributed by atoms with E-state index in [0.717, 1.165) is 19.3 Å². The Morgan fingerprint density at radius 1 is 1.30 bits per heavy atom. The van der Waals surface area contributed by atoms with Crippen molar-refractivity contribution in [3.8, 4) is 0 Å². The summed E-state index contributed by atoms with van der Waals surface area (Å²) in [7, 11) is 0. The molecule has 2 aliphatic rings. The summed E-state index contributed by atoms with van der Waals surface area (Å²) in [6.07, 6.45) is 5.08. The molecule has 3 atom stereocenters. The van der Waals surface area contributed by atoms with Gasteiger partial charge in [-0.3, -0.25) is 4.79 Å². The van der Waals surface area contributed by atoms with Gasteiger partial charge in [-0.05, 0) is 43.4 Å². The number of esters is 1. The fraction of sp³-hybridized carbons (Fsp3) is 0.941. The van der Waals surface area contributed by atoms with Crippen LogP contribution in [0.15, 0.2) is 0 Å². The minimum absolute atomic E-state index is 0.0698. The van der Waals surface area contributed by atoms with Crippen molar-refractivity contribution in [3.63, 3.8) is 0 Å². The van der Waals surface area contributed by atoms with E-state index in [0.29, 0.717) is 12.5 Å². The van der Waals surface area contributed by atoms with E-state index in [9.17, 15) is 4.79 Å². The number of hydrogen-bond acceptors (Lipinski definition) is 3. The van der Waals surface area contributed by atoms with Crippen LogP contribution in [0.5, 0.6) is 0 Å². The van der Waals surface area contributed by atoms with Crippen LogP contribution in [0.25, 0.3) is 0 Å². The van der Waals surface area contributed by atoms with E-state index >= 15 is 0 Å². The van der Waals surface area contributed by atoms with Gasteiger partial charge >= 0.3 is 5.97 Å². The Labute approximate surface area is 123 Å². The highest BCUT2D eigenvalue weighted by atomic mass is 16.5. The van der Waals surface area contributed by atoms with E-state index in [-0.39, 0.29) is 22.9 Å². The Balaban J connectivity index is 2.14. The maximum atomic E-state index is 12.6. The summed E-state index contributed by atoms with van der Waals surface area (Å²) in [5.41, 5.74) is 5.80. The van der Waals surface area contributed by atoms with Gasteiger partial charge in [0.15, 0.2) is 0 Å². The maximum Gasteiger partial charge on any atom is 0.313 e. The molecule has 2 fully saturated rings. The van der Waals surface area contributed by atoms with E-state index in [2.05, 4.69) is 20.8 Å². The molecule has 3 heteroatoms. The largest absolute Gasteiger partial charge is 0.461 e. The minimum Gasteiger partial charge on any atom is -0.461 e. The van der Waals surface area contributed by atoms with Crippen molar-refractivity contribution >= 4 is 5.97 Å². The highest BCUT2D eigenvalue weighted by molar-refractivity contribution is 5.77. The quantitative estimate of drug-likeness (QED) is 0.785. The van der Waals surface area contributed by atoms with Crippen LogP contribution in [-0.4, -0.2) is 18.6 Å². The lowest BCUT2D eigenvalue weighted by Crippen LogP contribution is -2.44. The third-order valence-corrected chi connectivity index (χ3v) is 7.14. The lowest BCUT2D eigenvalue weighted by molar-refractivity contribution is -0.169. The zero-order valence-electron chi connectivity index (χ0n) is 13.8. The minimum atomic E-state index is -0.484. The number of hydrogen-bond donors (Lipinski definition) is 1. The van der Waals surface area contributed by atoms with Crippen molar-refractivity contribution in [3.05, 3.63) is 0 Å². The van der Waals surface area contributed by atoms with E-state index in [1.54, 1.807) is 0 Å². The lowest BCUT2D eigenvalue weighted by Gasteiger charge is -2.40. The van der Waals surface area contributed by atoms with Crippen LogP contribution in [0.3, 0.4) is 0 Å². The van der Waals surface area contributed by atoms with E-state index < -0.39 is 5.41 Å². The van der Waals surface area contributed by atoms with Crippen molar-refractivity contribution in [1.82, 2.24) is 0 Å². The topological polar surface area (TPSA) is 52.3 Å². The molecule has 2 saturated carbocycles. The van der Waals surface area contributed by atoms with Crippen molar-refractivity contribution in [2.24, 2.45) is 27.9 Å². The SMILES string of the molecule is CCC(CC)(CN)C(=O)OC1CC2CCC1(C)C2(C)C. The van der Waals surface area contributed by atoms with Crippen LogP contribution in [-0.2, 0) is 9.53 Å². The summed E-state index contributed by atoms with van der Waals surface area (Å²) in [6.45, 7) is 11.4. The van der Waals surface area contributed by atoms with E-state index in [4.69, 9.17) is 10.5 Å². The summed E-state index contributed by atoms with van der Waals surface area (Å²) in [5.74, 6) is 0.625. The first kappa shape index (κ1) is 15.8. The van der Waals surface area contributed by atoms with Gasteiger partial charge in [0.2, 0.25) is 0 Å². The van der Waals surface area contributed by atoms with E-state index in [1.807, 2.05) is 13.8 Å². The van der Waals surface area contributed by atoms with Gasteiger partial charge in [0, 0.05) is 12.0 Å². The molecule has 0 radical (unpaired) electrons. The van der Waals surface area contributed by atoms with Gasteiger partial charge in [0.05, 0.1) is 5.41 Å². The zero-order valence-corrected chi connectivity index (χ0v) is 13.8. The Morgan fingerprint density at radius 3 is 2.25 bits per heavy atom. The molecule has 0 aromatic carbocycles. The van der Waals surface area contributed by atoms with Crippen molar-refractivity contribution in [2.75, 3.05) is 6.54 Å². The molecule has 20 heavy (non-hydrogen) atoms. The third kappa shape index (κ3) is 1.93. The molecule has 0 aromatic heterocycles. The molecule has 2 N–H and O–H groups in total. The molecule has 0 spiro atoms. The average molecular weight is 281 g/mol. The highest BCUT2D eigenvalue weighted by Crippen LogP contribution is 2.66. The van der Waals surface area contributed by atoms with Crippen LogP contribution in [0.1, 0.15) is 66.7 Å². The number of carbonyl (C=O) groups excluding carboxylic acids is 1. The molecule has 3 nitrogen and oxygen atoms in total. The molecule has 116 valence electrons. The molecule has 0 heterocycles. The van der Waals surface area contributed by atoms with Crippen LogP contribution in [0.2, 0.25) is 0 Å². The molecule has 0 aliphatic heterocycles. The molecule has 2 rings (SSSR count). The number of rotatable bonds is 5. The average Bonchev–Trinajstić information content (AvgIpc) is 2.74. The molecule has 0 aromatic rings. The predicted octanol–water partition coefficient (Wildman–Crippen LogP) is 3.51. The lowest BCUT2D eigenvalue weighted by atomic mass is 9.70. The standard InChI is InChI=1S/C17H31NO2/c1-6-17(7-2,11-18)14(19)20-13-10-12-8-9-16(13,5)15(12,3)4/h12-13H,6-11,18H2,1-5H3. The smallest absolute Gasteiger partial charge is 0.313 e. The zero-order chi connectivity index (χ0) is 15.2. The van der Waals surface area contributed by atoms with E-state index in [1.165, 1.54) is 12.8 Å². The molecule has 0 amide bonds. The molecule has 3 unspecified atom stereocenters. The predicted molar refractivity (Wildman–Crippen MR) is 81.2 cm³/mol. The fourth-order valence-electron chi connectivity index (χ4n) is 4.47. The van der Waals surface area contributed by atoms with Crippen LogP contribution >= 0.6 is 0 Å². The van der Waals surface area contributed by atoms with Crippen molar-refractivity contribution in [1.29, 1.82) is 0 Å². The van der Waals surface area contributed by atoms with Crippen molar-refractivity contribution in [2.45, 2.75) is 72.8 Å². The molecular weight excluding hydrogens is 250 g/mol. The third-order valence-electron chi connectivity index (χ3n) is 7.14. The number of carbonyl (C=O) groups is 1. The summed E-state index contributed by atoms with van der Waals surface area (Å²) in [4.78, 5) is 12.6. The first-order chi connectivity index (χ1) is 9.27. The number of fused-ring (bicyclic) bond motifs is 2. The molecule has 2 bridgehead atoms. The fourth-order valence-corrected chi connectivity index (χ4v) is 4.47. The summed E-state index contributed by atoms with van der Waals surface area (Å²) >= 11 is 0. The van der Waals surface area contributed by atoms with Crippen LogP contribution in [0, 0.1) is 22.2 Å². The first-order valence-corrected chi connectivity index (χ1v) is 8.18. The van der Waals surface area contributed by atoms with Gasteiger partial charge in [-0.1, -0.05) is 34.6 Å². The summed E-state index contributed by atoms with van der Waals surface area (Å²) in [6, 6.07) is 0. The van der Waals surface area contributed by atoms with Gasteiger partial charge in [-0.2, -0.15) is 0 Å². The Kier molecular flexibility index (Phi) is 3.96. The summed E-state index contributed by atoms with van der Waals surface area (Å²) in [5, 5.41) is 0. The molecule has 0 saturated heterocycles. The van der Waals surface area contributed by atoms with Crippen molar-refractivity contribution < 1.29 is 9.53 Å². The molecule has 2 aliphatic carbocycles. The normalized spacial score (nSPS) is 35.3. The second-order valence-electron chi connectivity index (χ2n) is 7.70. The first-order valence-electron chi connectivity index (χ1n) is 8.18. The van der Waals surface area contributed by atoms with Gasteiger partial charge in [-0.25, -0.2) is 0 Å². The number of nitrogens with two attached hydrogens (primary N) is 1. The van der Waals surface area contributed by atoms with Crippen LogP contribution < -0.4 is 5.73 Å². The Morgan fingerprint density at radius 2 is 1.90 bits per heavy atom. The second kappa shape index (κ2) is 5.01. The summed E-state index contributed by atoms with van der Waals surface area (Å²) < 4.78 is 6.00. The van der Waals surface area contributed by atoms with Gasteiger partial charge in [0.25, 0.3) is 0 Å². The van der Waals surface area contributed by atoms with Gasteiger partial charge < -0.3 is 10.5 Å². The maximum absolute atomic E-state index is 12.6. The highest BCUT2D eigenvalue weighted by Gasteiger charge is 2.63. The second-order valence-corrected chi connectivity index (χ2v) is 7.70. The van der Waals surface area contributed by atoms with Gasteiger partial charge in [-0.15, -0.1) is 0 Å². The number of ether oxygens (including phenoxy) is 1. The Bertz CT molecular complexity index is 378. The molecular formula is C17H31NO2. The monoisotopic (exact) mass is 281 g/mol. The Hall–Kier alpha value is -0.570. The van der Waals surface area contributed by atoms with Crippen LogP contribution in [0.4, 0.5) is 0 Å². The van der Waals surface area contributed by atoms with Gasteiger partial charge in [0.1, 0.15) is 6.10 Å².